The summed E-state index contributed by atoms with van der Waals surface area (Å²) in [6, 6.07) is 16.0. The minimum atomic E-state index is 0.577. The molecule has 0 amide bonds. The summed E-state index contributed by atoms with van der Waals surface area (Å²) in [6.07, 6.45) is 6.76. The van der Waals surface area contributed by atoms with E-state index in [9.17, 15) is 0 Å². The van der Waals surface area contributed by atoms with Gasteiger partial charge in [0, 0.05) is 5.02 Å². The quantitative estimate of drug-likeness (QED) is 0.584. The molecule has 1 saturated heterocycles. The van der Waals surface area contributed by atoms with Crippen molar-refractivity contribution in [3.05, 3.63) is 59.1 Å². The Labute approximate surface area is 156 Å². The van der Waals surface area contributed by atoms with E-state index in [0.717, 1.165) is 16.5 Å². The maximum Gasteiger partial charge on any atom is 0.127 e. The maximum absolute atomic E-state index is 5.91. The van der Waals surface area contributed by atoms with Crippen LogP contribution in [-0.4, -0.2) is 24.5 Å². The van der Waals surface area contributed by atoms with Gasteiger partial charge in [0.05, 0.1) is 0 Å². The molecule has 1 heterocycles. The predicted octanol–water partition coefficient (Wildman–Crippen LogP) is 6.50. The summed E-state index contributed by atoms with van der Waals surface area (Å²) in [5.41, 5.74) is 1.39. The van der Waals surface area contributed by atoms with Crippen LogP contribution in [0, 0.1) is 0 Å². The summed E-state index contributed by atoms with van der Waals surface area (Å²) in [7, 11) is 0. The molecule has 3 heteroatoms. The third-order valence-corrected chi connectivity index (χ3v) is 5.33. The second-order valence-corrected chi connectivity index (χ2v) is 7.51. The first kappa shape index (κ1) is 18.3. The predicted molar refractivity (Wildman–Crippen MR) is 106 cm³/mol. The third-order valence-electron chi connectivity index (χ3n) is 5.08. The summed E-state index contributed by atoms with van der Waals surface area (Å²) >= 11 is 5.91. The molecule has 2 nitrogen and oxygen atoms in total. The standard InChI is InChI=1S/C22H28ClNO/c1-18(14-17-24-15-4-2-3-5-16-24)19-6-10-21(11-7-19)25-22-12-8-20(23)9-13-22/h6-13,18H,2-5,14-17H2,1H3. The van der Waals surface area contributed by atoms with Gasteiger partial charge in [0.15, 0.2) is 0 Å². The number of hydrogen-bond acceptors (Lipinski definition) is 2. The Bertz CT molecular complexity index is 630. The van der Waals surface area contributed by atoms with Crippen molar-refractivity contribution in [1.82, 2.24) is 4.90 Å². The van der Waals surface area contributed by atoms with Gasteiger partial charge in [-0.2, -0.15) is 0 Å². The highest BCUT2D eigenvalue weighted by molar-refractivity contribution is 6.30. The zero-order valence-corrected chi connectivity index (χ0v) is 15.8. The van der Waals surface area contributed by atoms with Gasteiger partial charge in [0.1, 0.15) is 11.5 Å². The van der Waals surface area contributed by atoms with Crippen LogP contribution in [0.2, 0.25) is 5.02 Å². The highest BCUT2D eigenvalue weighted by Gasteiger charge is 2.12. The van der Waals surface area contributed by atoms with Gasteiger partial charge in [-0.15, -0.1) is 0 Å². The fourth-order valence-corrected chi connectivity index (χ4v) is 3.53. The molecule has 134 valence electrons. The maximum atomic E-state index is 5.91. The third kappa shape index (κ3) is 5.76. The number of halogens is 1. The van der Waals surface area contributed by atoms with Crippen LogP contribution in [0.1, 0.15) is 50.5 Å². The lowest BCUT2D eigenvalue weighted by Gasteiger charge is -2.22. The van der Waals surface area contributed by atoms with Crippen molar-refractivity contribution in [3.8, 4) is 11.5 Å². The Kier molecular flexibility index (Phi) is 6.77. The number of ether oxygens (including phenoxy) is 1. The minimum absolute atomic E-state index is 0.577. The Hall–Kier alpha value is -1.51. The van der Waals surface area contributed by atoms with Crippen LogP contribution in [0.15, 0.2) is 48.5 Å². The van der Waals surface area contributed by atoms with Gasteiger partial charge in [-0.25, -0.2) is 0 Å². The van der Waals surface area contributed by atoms with Crippen LogP contribution < -0.4 is 4.74 Å². The molecule has 0 aliphatic carbocycles. The molecule has 0 radical (unpaired) electrons. The van der Waals surface area contributed by atoms with E-state index in [0.29, 0.717) is 5.92 Å². The van der Waals surface area contributed by atoms with Gasteiger partial charge in [-0.3, -0.25) is 0 Å². The molecule has 1 unspecified atom stereocenters. The Morgan fingerprint density at radius 3 is 2.04 bits per heavy atom. The van der Waals surface area contributed by atoms with E-state index in [1.165, 1.54) is 57.3 Å². The average molecular weight is 358 g/mol. The van der Waals surface area contributed by atoms with Gasteiger partial charge in [0.25, 0.3) is 0 Å². The van der Waals surface area contributed by atoms with Crippen molar-refractivity contribution >= 4 is 11.6 Å². The summed E-state index contributed by atoms with van der Waals surface area (Å²) < 4.78 is 5.87. The molecule has 1 fully saturated rings. The van der Waals surface area contributed by atoms with Crippen LogP contribution in [0.5, 0.6) is 11.5 Å². The Morgan fingerprint density at radius 2 is 1.44 bits per heavy atom. The van der Waals surface area contributed by atoms with Gasteiger partial charge in [0.2, 0.25) is 0 Å². The van der Waals surface area contributed by atoms with Crippen molar-refractivity contribution in [1.29, 1.82) is 0 Å². The monoisotopic (exact) mass is 357 g/mol. The number of likely N-dealkylation sites (tertiary alicyclic amines) is 1. The largest absolute Gasteiger partial charge is 0.457 e. The molecule has 0 aromatic heterocycles. The molecular formula is C22H28ClNO. The van der Waals surface area contributed by atoms with E-state index in [1.54, 1.807) is 0 Å². The van der Waals surface area contributed by atoms with E-state index in [1.807, 2.05) is 24.3 Å². The molecular weight excluding hydrogens is 330 g/mol. The Morgan fingerprint density at radius 1 is 0.880 bits per heavy atom. The summed E-state index contributed by atoms with van der Waals surface area (Å²) in [4.78, 5) is 2.64. The van der Waals surface area contributed by atoms with Crippen molar-refractivity contribution in [3.63, 3.8) is 0 Å². The zero-order valence-electron chi connectivity index (χ0n) is 15.1. The molecule has 2 aromatic rings. The highest BCUT2D eigenvalue weighted by atomic mass is 35.5. The lowest BCUT2D eigenvalue weighted by atomic mass is 9.97. The van der Waals surface area contributed by atoms with E-state index in [2.05, 4.69) is 36.1 Å². The number of nitrogens with zero attached hydrogens (tertiary/aromatic N) is 1. The van der Waals surface area contributed by atoms with Gasteiger partial charge in [-0.1, -0.05) is 43.5 Å². The van der Waals surface area contributed by atoms with Crippen molar-refractivity contribution < 1.29 is 4.74 Å². The van der Waals surface area contributed by atoms with Crippen LogP contribution >= 0.6 is 11.6 Å². The SMILES string of the molecule is CC(CCN1CCCCCC1)c1ccc(Oc2ccc(Cl)cc2)cc1. The average Bonchev–Trinajstić information content (AvgIpc) is 2.91. The topological polar surface area (TPSA) is 12.5 Å². The molecule has 3 rings (SSSR count). The smallest absolute Gasteiger partial charge is 0.127 e. The fourth-order valence-electron chi connectivity index (χ4n) is 3.41. The normalized spacial score (nSPS) is 17.0. The first-order chi connectivity index (χ1) is 12.2. The lowest BCUT2D eigenvalue weighted by molar-refractivity contribution is 0.275. The second kappa shape index (κ2) is 9.26. The van der Waals surface area contributed by atoms with Gasteiger partial charge in [-0.05, 0) is 86.8 Å². The van der Waals surface area contributed by atoms with E-state index in [4.69, 9.17) is 16.3 Å². The van der Waals surface area contributed by atoms with Crippen molar-refractivity contribution in [2.45, 2.75) is 44.9 Å². The van der Waals surface area contributed by atoms with E-state index < -0.39 is 0 Å². The highest BCUT2D eigenvalue weighted by Crippen LogP contribution is 2.26. The summed E-state index contributed by atoms with van der Waals surface area (Å²) in [5, 5.41) is 0.723. The molecule has 0 spiro atoms. The van der Waals surface area contributed by atoms with E-state index >= 15 is 0 Å². The molecule has 1 atom stereocenters. The van der Waals surface area contributed by atoms with Crippen molar-refractivity contribution in [2.75, 3.05) is 19.6 Å². The summed E-state index contributed by atoms with van der Waals surface area (Å²) in [6.45, 7) is 6.10. The first-order valence-electron chi connectivity index (χ1n) is 9.46. The summed E-state index contributed by atoms with van der Waals surface area (Å²) in [5.74, 6) is 2.25. The fraction of sp³-hybridized carbons (Fsp3) is 0.455. The first-order valence-corrected chi connectivity index (χ1v) is 9.84. The molecule has 2 aromatic carbocycles. The van der Waals surface area contributed by atoms with Crippen LogP contribution in [-0.2, 0) is 0 Å². The zero-order chi connectivity index (χ0) is 17.5. The molecule has 0 bridgehead atoms. The van der Waals surface area contributed by atoms with Gasteiger partial charge < -0.3 is 9.64 Å². The number of benzene rings is 2. The molecule has 1 aliphatic rings. The second-order valence-electron chi connectivity index (χ2n) is 7.07. The van der Waals surface area contributed by atoms with Crippen molar-refractivity contribution in [2.24, 2.45) is 0 Å². The molecule has 25 heavy (non-hydrogen) atoms. The minimum Gasteiger partial charge on any atom is -0.457 e. The van der Waals surface area contributed by atoms with Crippen LogP contribution in [0.3, 0.4) is 0 Å². The Balaban J connectivity index is 1.51. The number of rotatable bonds is 6. The van der Waals surface area contributed by atoms with Crippen LogP contribution in [0.4, 0.5) is 0 Å². The van der Waals surface area contributed by atoms with Crippen LogP contribution in [0.25, 0.3) is 0 Å². The molecule has 0 saturated carbocycles. The van der Waals surface area contributed by atoms with Gasteiger partial charge >= 0.3 is 0 Å². The van der Waals surface area contributed by atoms with E-state index in [-0.39, 0.29) is 0 Å². The molecule has 0 N–H and O–H groups in total. The lowest BCUT2D eigenvalue weighted by Crippen LogP contribution is -2.26. The molecule has 1 aliphatic heterocycles. The number of hydrogen-bond donors (Lipinski definition) is 0.